The summed E-state index contributed by atoms with van der Waals surface area (Å²) in [5, 5.41) is 0. The summed E-state index contributed by atoms with van der Waals surface area (Å²) in [6.45, 7) is 4.11. The minimum atomic E-state index is -0.300. The van der Waals surface area contributed by atoms with Crippen molar-refractivity contribution in [1.82, 2.24) is 9.55 Å². The second-order valence-corrected chi connectivity index (χ2v) is 5.63. The average Bonchev–Trinajstić information content (AvgIpc) is 2.78. The molecule has 0 saturated heterocycles. The molecule has 108 valence electrons. The van der Waals surface area contributed by atoms with Crippen LogP contribution in [0.15, 0.2) is 36.4 Å². The molecule has 0 aliphatic heterocycles. The second kappa shape index (κ2) is 5.49. The molecule has 0 aliphatic carbocycles. The Labute approximate surface area is 128 Å². The Kier molecular flexibility index (Phi) is 3.68. The molecule has 1 aromatic heterocycles. The van der Waals surface area contributed by atoms with E-state index in [9.17, 15) is 4.39 Å². The van der Waals surface area contributed by atoms with Crippen molar-refractivity contribution in [3.8, 4) is 5.69 Å². The van der Waals surface area contributed by atoms with Crippen molar-refractivity contribution in [3.63, 3.8) is 0 Å². The predicted octanol–water partition coefficient (Wildman–Crippen LogP) is 4.56. The van der Waals surface area contributed by atoms with E-state index in [-0.39, 0.29) is 5.82 Å². The monoisotopic (exact) mass is 302 g/mol. The molecule has 0 N–H and O–H groups in total. The fraction of sp³-hybridized carbons (Fsp3) is 0.235. The number of aryl methyl sites for hydroxylation is 3. The van der Waals surface area contributed by atoms with E-state index in [4.69, 9.17) is 11.6 Å². The van der Waals surface area contributed by atoms with E-state index in [0.717, 1.165) is 17.0 Å². The molecule has 4 heteroatoms. The first-order chi connectivity index (χ1) is 10.1. The van der Waals surface area contributed by atoms with Crippen LogP contribution in [0.3, 0.4) is 0 Å². The highest BCUT2D eigenvalue weighted by Crippen LogP contribution is 2.25. The molecule has 0 radical (unpaired) electrons. The zero-order valence-corrected chi connectivity index (χ0v) is 12.8. The van der Waals surface area contributed by atoms with Gasteiger partial charge in [-0.25, -0.2) is 9.37 Å². The maximum atomic E-state index is 14.0. The average molecular weight is 303 g/mol. The lowest BCUT2D eigenvalue weighted by Gasteiger charge is -2.11. The van der Waals surface area contributed by atoms with E-state index >= 15 is 0 Å². The number of benzene rings is 2. The molecule has 0 fully saturated rings. The molecular formula is C17H16ClFN2. The lowest BCUT2D eigenvalue weighted by molar-refractivity contribution is 0.637. The largest absolute Gasteiger partial charge is 0.296 e. The van der Waals surface area contributed by atoms with E-state index < -0.39 is 0 Å². The Morgan fingerprint density at radius 1 is 1.14 bits per heavy atom. The number of hydrogen-bond donors (Lipinski definition) is 0. The summed E-state index contributed by atoms with van der Waals surface area (Å²) in [7, 11) is 0. The molecule has 0 spiro atoms. The van der Waals surface area contributed by atoms with Crippen LogP contribution >= 0.6 is 11.6 Å². The van der Waals surface area contributed by atoms with Crippen molar-refractivity contribution in [3.05, 3.63) is 59.2 Å². The standard InChI is InChI=1S/C17H16ClFN2/c1-11-8-12(2)10-13(9-11)21-15-5-3-4-14(19)17(15)20-16(21)6-7-18/h3-5,8-10H,6-7H2,1-2H3. The van der Waals surface area contributed by atoms with Crippen LogP contribution in [0, 0.1) is 19.7 Å². The zero-order chi connectivity index (χ0) is 15.0. The van der Waals surface area contributed by atoms with Gasteiger partial charge in [-0.2, -0.15) is 0 Å². The number of para-hydroxylation sites is 1. The Bertz CT molecular complexity index is 788. The molecule has 0 aliphatic rings. The van der Waals surface area contributed by atoms with Gasteiger partial charge in [0, 0.05) is 18.0 Å². The molecule has 2 nitrogen and oxygen atoms in total. The van der Waals surface area contributed by atoms with Crippen molar-refractivity contribution >= 4 is 22.6 Å². The summed E-state index contributed by atoms with van der Waals surface area (Å²) >= 11 is 5.88. The fourth-order valence-electron chi connectivity index (χ4n) is 2.73. The van der Waals surface area contributed by atoms with E-state index in [0.29, 0.717) is 17.8 Å². The highest BCUT2D eigenvalue weighted by molar-refractivity contribution is 6.17. The van der Waals surface area contributed by atoms with Crippen LogP contribution in [0.1, 0.15) is 17.0 Å². The Balaban J connectivity index is 2.33. The Morgan fingerprint density at radius 2 is 1.86 bits per heavy atom. The van der Waals surface area contributed by atoms with Crippen molar-refractivity contribution in [2.24, 2.45) is 0 Å². The van der Waals surface area contributed by atoms with E-state index in [2.05, 4.69) is 37.0 Å². The van der Waals surface area contributed by atoms with Crippen LogP contribution < -0.4 is 0 Å². The number of imidazole rings is 1. The molecule has 3 rings (SSSR count). The van der Waals surface area contributed by atoms with Gasteiger partial charge in [-0.05, 0) is 49.2 Å². The number of fused-ring (bicyclic) bond motifs is 1. The summed E-state index contributed by atoms with van der Waals surface area (Å²) in [6, 6.07) is 11.3. The van der Waals surface area contributed by atoms with Crippen molar-refractivity contribution in [2.45, 2.75) is 20.3 Å². The molecule has 1 heterocycles. The van der Waals surface area contributed by atoms with Crippen molar-refractivity contribution in [2.75, 3.05) is 5.88 Å². The minimum Gasteiger partial charge on any atom is -0.296 e. The zero-order valence-electron chi connectivity index (χ0n) is 12.0. The summed E-state index contributed by atoms with van der Waals surface area (Å²) in [5.41, 5.74) is 4.51. The van der Waals surface area contributed by atoms with E-state index in [1.54, 1.807) is 6.07 Å². The van der Waals surface area contributed by atoms with Gasteiger partial charge in [0.05, 0.1) is 5.52 Å². The molecule has 0 saturated carbocycles. The number of aromatic nitrogens is 2. The van der Waals surface area contributed by atoms with Gasteiger partial charge in [-0.3, -0.25) is 4.57 Å². The van der Waals surface area contributed by atoms with Gasteiger partial charge in [0.15, 0.2) is 5.82 Å². The first kappa shape index (κ1) is 14.1. The third kappa shape index (κ3) is 2.54. The molecule has 21 heavy (non-hydrogen) atoms. The third-order valence-corrected chi connectivity index (χ3v) is 3.68. The molecule has 0 amide bonds. The van der Waals surface area contributed by atoms with E-state index in [1.807, 2.05) is 10.6 Å². The quantitative estimate of drug-likeness (QED) is 0.648. The number of alkyl halides is 1. The summed E-state index contributed by atoms with van der Waals surface area (Å²) in [4.78, 5) is 4.44. The minimum absolute atomic E-state index is 0.300. The highest BCUT2D eigenvalue weighted by Gasteiger charge is 2.15. The third-order valence-electron chi connectivity index (χ3n) is 3.49. The van der Waals surface area contributed by atoms with Crippen LogP contribution in [-0.2, 0) is 6.42 Å². The van der Waals surface area contributed by atoms with Crippen molar-refractivity contribution in [1.29, 1.82) is 0 Å². The predicted molar refractivity (Wildman–Crippen MR) is 84.9 cm³/mol. The van der Waals surface area contributed by atoms with Gasteiger partial charge in [0.1, 0.15) is 11.3 Å². The van der Waals surface area contributed by atoms with E-state index in [1.165, 1.54) is 17.2 Å². The van der Waals surface area contributed by atoms with Gasteiger partial charge < -0.3 is 0 Å². The van der Waals surface area contributed by atoms with Gasteiger partial charge in [-0.1, -0.05) is 12.1 Å². The van der Waals surface area contributed by atoms with Crippen molar-refractivity contribution < 1.29 is 4.39 Å². The van der Waals surface area contributed by atoms with Gasteiger partial charge >= 0.3 is 0 Å². The lowest BCUT2D eigenvalue weighted by Crippen LogP contribution is -2.03. The molecule has 0 bridgehead atoms. The highest BCUT2D eigenvalue weighted by atomic mass is 35.5. The Hall–Kier alpha value is -1.87. The first-order valence-electron chi connectivity index (χ1n) is 6.90. The molecule has 0 unspecified atom stereocenters. The normalized spacial score (nSPS) is 11.2. The van der Waals surface area contributed by atoms with Gasteiger partial charge in [0.25, 0.3) is 0 Å². The number of halogens is 2. The number of nitrogens with zero attached hydrogens (tertiary/aromatic N) is 2. The molecule has 3 aromatic rings. The van der Waals surface area contributed by atoms with Crippen LogP contribution in [0.2, 0.25) is 0 Å². The molecule has 0 atom stereocenters. The summed E-state index contributed by atoms with van der Waals surface area (Å²) in [5.74, 6) is 0.942. The number of hydrogen-bond acceptors (Lipinski definition) is 1. The maximum Gasteiger partial charge on any atom is 0.151 e. The first-order valence-corrected chi connectivity index (χ1v) is 7.44. The van der Waals surface area contributed by atoms with Crippen LogP contribution in [0.5, 0.6) is 0 Å². The maximum absolute atomic E-state index is 14.0. The smallest absolute Gasteiger partial charge is 0.151 e. The summed E-state index contributed by atoms with van der Waals surface area (Å²) < 4.78 is 16.0. The van der Waals surface area contributed by atoms with Gasteiger partial charge in [0.2, 0.25) is 0 Å². The van der Waals surface area contributed by atoms with Crippen LogP contribution in [0.4, 0.5) is 4.39 Å². The second-order valence-electron chi connectivity index (χ2n) is 5.26. The SMILES string of the molecule is Cc1cc(C)cc(-n2c(CCCl)nc3c(F)cccc32)c1. The van der Waals surface area contributed by atoms with Gasteiger partial charge in [-0.15, -0.1) is 11.6 Å². The van der Waals surface area contributed by atoms with Crippen LogP contribution in [-0.4, -0.2) is 15.4 Å². The topological polar surface area (TPSA) is 17.8 Å². The van der Waals surface area contributed by atoms with Crippen LogP contribution in [0.25, 0.3) is 16.7 Å². The summed E-state index contributed by atoms with van der Waals surface area (Å²) in [6.07, 6.45) is 0.600. The fourth-order valence-corrected chi connectivity index (χ4v) is 2.90. The number of rotatable bonds is 3. The molecule has 2 aromatic carbocycles. The Morgan fingerprint density at radius 3 is 2.52 bits per heavy atom. The lowest BCUT2D eigenvalue weighted by atomic mass is 10.1. The molecular weight excluding hydrogens is 287 g/mol.